The number of ether oxygens (including phenoxy) is 2. The van der Waals surface area contributed by atoms with Crippen molar-refractivity contribution in [2.75, 3.05) is 19.8 Å². The summed E-state index contributed by atoms with van der Waals surface area (Å²) in [4.78, 5) is 10.9. The molecule has 26 heavy (non-hydrogen) atoms. The molecule has 2 aliphatic rings. The molecule has 0 spiro atoms. The molecule has 4 heterocycles. The minimum atomic E-state index is 0.585. The van der Waals surface area contributed by atoms with E-state index in [0.717, 1.165) is 58.4 Å². The highest BCUT2D eigenvalue weighted by atomic mass is 32.1. The first-order chi connectivity index (χ1) is 12.8. The summed E-state index contributed by atoms with van der Waals surface area (Å²) in [7, 11) is 0. The van der Waals surface area contributed by atoms with Crippen molar-refractivity contribution in [3.8, 4) is 33.3 Å². The van der Waals surface area contributed by atoms with Crippen molar-refractivity contribution in [2.45, 2.75) is 19.9 Å². The highest BCUT2D eigenvalue weighted by Crippen LogP contribution is 2.38. The number of rotatable bonds is 2. The molecule has 0 saturated heterocycles. The average molecular weight is 365 g/mol. The molecule has 0 fully saturated rings. The van der Waals surface area contributed by atoms with Crippen LogP contribution in [0.2, 0.25) is 0 Å². The molecule has 0 bridgehead atoms. The maximum atomic E-state index is 5.73. The van der Waals surface area contributed by atoms with Crippen LogP contribution >= 0.6 is 11.3 Å². The minimum Gasteiger partial charge on any atom is -0.486 e. The van der Waals surface area contributed by atoms with Gasteiger partial charge in [-0.25, -0.2) is 4.98 Å². The van der Waals surface area contributed by atoms with Crippen LogP contribution in [0.25, 0.3) is 21.8 Å². The molecule has 0 amide bonds. The zero-order chi connectivity index (χ0) is 17.5. The second-order valence-electron chi connectivity index (χ2n) is 6.51. The van der Waals surface area contributed by atoms with Crippen molar-refractivity contribution in [2.24, 2.45) is 0 Å². The Kier molecular flexibility index (Phi) is 3.87. The van der Waals surface area contributed by atoms with Crippen LogP contribution < -0.4 is 14.8 Å². The normalized spacial score (nSPS) is 15.6. The molecule has 2 aliphatic heterocycles. The van der Waals surface area contributed by atoms with Gasteiger partial charge in [0.05, 0.1) is 11.4 Å². The Morgan fingerprint density at radius 1 is 1.12 bits per heavy atom. The fourth-order valence-corrected chi connectivity index (χ4v) is 4.65. The van der Waals surface area contributed by atoms with Crippen LogP contribution in [0.1, 0.15) is 16.1 Å². The van der Waals surface area contributed by atoms with Crippen LogP contribution in [-0.2, 0) is 13.0 Å². The van der Waals surface area contributed by atoms with Crippen LogP contribution in [0.5, 0.6) is 11.5 Å². The van der Waals surface area contributed by atoms with Gasteiger partial charge in [0.1, 0.15) is 18.2 Å². The number of nitrogens with zero attached hydrogens (tertiary/aromatic N) is 2. The highest BCUT2D eigenvalue weighted by molar-refractivity contribution is 7.15. The molecule has 1 aromatic carbocycles. The van der Waals surface area contributed by atoms with E-state index in [1.54, 1.807) is 11.3 Å². The highest BCUT2D eigenvalue weighted by Gasteiger charge is 2.19. The smallest absolute Gasteiger partial charge is 0.162 e. The third-order valence-electron chi connectivity index (χ3n) is 4.85. The third kappa shape index (κ3) is 2.66. The van der Waals surface area contributed by atoms with E-state index in [4.69, 9.17) is 14.5 Å². The Morgan fingerprint density at radius 2 is 2.00 bits per heavy atom. The second-order valence-corrected chi connectivity index (χ2v) is 7.59. The van der Waals surface area contributed by atoms with Crippen molar-refractivity contribution < 1.29 is 9.47 Å². The molecule has 0 atom stereocenters. The molecule has 2 aromatic heterocycles. The van der Waals surface area contributed by atoms with Gasteiger partial charge in [-0.15, -0.1) is 11.3 Å². The predicted octanol–water partition coefficient (Wildman–Crippen LogP) is 3.60. The van der Waals surface area contributed by atoms with E-state index in [2.05, 4.69) is 23.3 Å². The lowest BCUT2D eigenvalue weighted by Crippen LogP contribution is -2.22. The van der Waals surface area contributed by atoms with Gasteiger partial charge in [-0.3, -0.25) is 4.98 Å². The van der Waals surface area contributed by atoms with Crippen LogP contribution in [0, 0.1) is 6.92 Å². The molecule has 6 heteroatoms. The Morgan fingerprint density at radius 3 is 2.88 bits per heavy atom. The van der Waals surface area contributed by atoms with E-state index < -0.39 is 0 Å². The molecule has 132 valence electrons. The van der Waals surface area contributed by atoms with Gasteiger partial charge in [0.25, 0.3) is 0 Å². The largest absolute Gasteiger partial charge is 0.486 e. The number of pyridine rings is 1. The van der Waals surface area contributed by atoms with E-state index in [1.807, 2.05) is 24.4 Å². The zero-order valence-corrected chi connectivity index (χ0v) is 15.4. The van der Waals surface area contributed by atoms with Gasteiger partial charge in [-0.1, -0.05) is 0 Å². The minimum absolute atomic E-state index is 0.585. The third-order valence-corrected chi connectivity index (χ3v) is 5.98. The standard InChI is InChI=1S/C20H19N3O2S/c1-12-14(20-23-15-5-6-21-11-18(15)26-20)4-7-22-19(12)13-2-3-16-17(10-13)25-9-8-24-16/h2-4,7,10,21H,5-6,8-9,11H2,1H3. The van der Waals surface area contributed by atoms with Crippen LogP contribution in [-0.4, -0.2) is 29.7 Å². The van der Waals surface area contributed by atoms with Crippen molar-refractivity contribution in [3.63, 3.8) is 0 Å². The van der Waals surface area contributed by atoms with Gasteiger partial charge in [0, 0.05) is 41.7 Å². The number of benzene rings is 1. The van der Waals surface area contributed by atoms with Gasteiger partial charge in [0.15, 0.2) is 11.5 Å². The second kappa shape index (κ2) is 6.37. The quantitative estimate of drug-likeness (QED) is 0.752. The van der Waals surface area contributed by atoms with Gasteiger partial charge in [-0.05, 0) is 36.8 Å². The Balaban J connectivity index is 1.57. The van der Waals surface area contributed by atoms with E-state index in [9.17, 15) is 0 Å². The zero-order valence-electron chi connectivity index (χ0n) is 14.5. The lowest BCUT2D eigenvalue weighted by molar-refractivity contribution is 0.171. The maximum Gasteiger partial charge on any atom is 0.162 e. The van der Waals surface area contributed by atoms with E-state index in [1.165, 1.54) is 10.6 Å². The van der Waals surface area contributed by atoms with E-state index >= 15 is 0 Å². The summed E-state index contributed by atoms with van der Waals surface area (Å²) >= 11 is 1.78. The molecule has 0 saturated carbocycles. The van der Waals surface area contributed by atoms with E-state index in [-0.39, 0.29) is 0 Å². The number of nitrogens with one attached hydrogen (secondary N) is 1. The van der Waals surface area contributed by atoms with E-state index in [0.29, 0.717) is 13.2 Å². The molecule has 1 N–H and O–H groups in total. The lowest BCUT2D eigenvalue weighted by Gasteiger charge is -2.19. The van der Waals surface area contributed by atoms with Gasteiger partial charge in [0.2, 0.25) is 0 Å². The fourth-order valence-electron chi connectivity index (χ4n) is 3.49. The predicted molar refractivity (Wildman–Crippen MR) is 102 cm³/mol. The van der Waals surface area contributed by atoms with Crippen LogP contribution in [0.15, 0.2) is 30.5 Å². The Bertz CT molecular complexity index is 960. The molecule has 5 rings (SSSR count). The Hall–Kier alpha value is -2.44. The first kappa shape index (κ1) is 15.8. The summed E-state index contributed by atoms with van der Waals surface area (Å²) < 4.78 is 11.3. The van der Waals surface area contributed by atoms with Gasteiger partial charge < -0.3 is 14.8 Å². The molecule has 0 aliphatic carbocycles. The molecule has 5 nitrogen and oxygen atoms in total. The molecule has 3 aromatic rings. The maximum absolute atomic E-state index is 5.73. The van der Waals surface area contributed by atoms with Gasteiger partial charge >= 0.3 is 0 Å². The summed E-state index contributed by atoms with van der Waals surface area (Å²) in [5.41, 5.74) is 5.54. The lowest BCUT2D eigenvalue weighted by atomic mass is 10.0. The van der Waals surface area contributed by atoms with Crippen molar-refractivity contribution >= 4 is 11.3 Å². The Labute approximate surface area is 156 Å². The first-order valence-electron chi connectivity index (χ1n) is 8.85. The molecule has 0 unspecified atom stereocenters. The summed E-state index contributed by atoms with van der Waals surface area (Å²) in [5.74, 6) is 1.59. The molecular weight excluding hydrogens is 346 g/mol. The van der Waals surface area contributed by atoms with Crippen molar-refractivity contribution in [3.05, 3.63) is 46.6 Å². The SMILES string of the molecule is Cc1c(-c2nc3c(s2)CNCC3)ccnc1-c1ccc2c(c1)OCCO2. The van der Waals surface area contributed by atoms with Crippen molar-refractivity contribution in [1.29, 1.82) is 0 Å². The van der Waals surface area contributed by atoms with Crippen molar-refractivity contribution in [1.82, 2.24) is 15.3 Å². The van der Waals surface area contributed by atoms with Crippen LogP contribution in [0.4, 0.5) is 0 Å². The monoisotopic (exact) mass is 365 g/mol. The summed E-state index contributed by atoms with van der Waals surface area (Å²) in [6.45, 7) is 5.23. The summed E-state index contributed by atoms with van der Waals surface area (Å²) in [6.07, 6.45) is 2.87. The number of hydrogen-bond donors (Lipinski definition) is 1. The number of fused-ring (bicyclic) bond motifs is 2. The van der Waals surface area contributed by atoms with Crippen LogP contribution in [0.3, 0.4) is 0 Å². The summed E-state index contributed by atoms with van der Waals surface area (Å²) in [5, 5.41) is 4.50. The summed E-state index contributed by atoms with van der Waals surface area (Å²) in [6, 6.07) is 8.09. The number of aromatic nitrogens is 2. The topological polar surface area (TPSA) is 56.3 Å². The first-order valence-corrected chi connectivity index (χ1v) is 9.66. The molecular formula is C20H19N3O2S. The number of hydrogen-bond acceptors (Lipinski definition) is 6. The molecule has 0 radical (unpaired) electrons. The average Bonchev–Trinajstić information content (AvgIpc) is 3.12. The van der Waals surface area contributed by atoms with Gasteiger partial charge in [-0.2, -0.15) is 0 Å². The fraction of sp³-hybridized carbons (Fsp3) is 0.300. The number of thiazole rings is 1.